The van der Waals surface area contributed by atoms with Gasteiger partial charge in [0.05, 0.1) is 10.2 Å². The van der Waals surface area contributed by atoms with Gasteiger partial charge in [0.1, 0.15) is 4.99 Å². The number of thiocarbonyl (C=S) groups is 1. The van der Waals surface area contributed by atoms with E-state index in [4.69, 9.17) is 21.7 Å². The van der Waals surface area contributed by atoms with Crippen LogP contribution < -0.4 is 14.8 Å². The van der Waals surface area contributed by atoms with Crippen LogP contribution in [-0.4, -0.2) is 67.1 Å². The van der Waals surface area contributed by atoms with Crippen LogP contribution >= 0.6 is 34.8 Å². The summed E-state index contributed by atoms with van der Waals surface area (Å²) in [6, 6.07) is 11.6. The number of benzene rings is 2. The van der Waals surface area contributed by atoms with Crippen molar-refractivity contribution in [1.29, 1.82) is 0 Å². The van der Waals surface area contributed by atoms with E-state index in [0.717, 1.165) is 51.6 Å². The third kappa shape index (κ3) is 6.54. The third-order valence-electron chi connectivity index (χ3n) is 5.00. The van der Waals surface area contributed by atoms with Crippen LogP contribution in [0.2, 0.25) is 0 Å². The lowest BCUT2D eigenvalue weighted by Gasteiger charge is -2.34. The molecule has 0 atom stereocenters. The summed E-state index contributed by atoms with van der Waals surface area (Å²) in [5, 5.41) is 2.86. The Morgan fingerprint density at radius 2 is 1.90 bits per heavy atom. The maximum Gasteiger partial charge on any atom is 0.262 e. The Bertz CT molecular complexity index is 946. The van der Waals surface area contributed by atoms with Crippen molar-refractivity contribution in [3.63, 3.8) is 0 Å². The number of hydrogen-bond acceptors (Lipinski definition) is 5. The Morgan fingerprint density at radius 3 is 2.58 bits per heavy atom. The quantitative estimate of drug-likeness (QED) is 0.415. The van der Waals surface area contributed by atoms with Crippen LogP contribution in [-0.2, 0) is 4.79 Å². The lowest BCUT2D eigenvalue weighted by molar-refractivity contribution is -0.118. The van der Waals surface area contributed by atoms with Crippen LogP contribution in [0.4, 0.5) is 5.69 Å². The number of nitrogens with one attached hydrogen (secondary N) is 1. The summed E-state index contributed by atoms with van der Waals surface area (Å²) in [6.45, 7) is 8.10. The summed E-state index contributed by atoms with van der Waals surface area (Å²) >= 11 is 7.97. The van der Waals surface area contributed by atoms with Crippen molar-refractivity contribution < 1.29 is 14.3 Å². The van der Waals surface area contributed by atoms with Gasteiger partial charge in [0.15, 0.2) is 18.1 Å². The highest BCUT2D eigenvalue weighted by atomic mass is 127. The standard InChI is InChI=1S/C23H28IN3O3S/c1-4-29-20-14-17(23(31)27-10-8-26(3)9-11-27)13-19(24)22(20)30-15-21(28)25-18-7-5-6-16(2)12-18/h5-7,12-14H,4,8-11,15H2,1-3H3,(H,25,28). The maximum absolute atomic E-state index is 12.4. The van der Waals surface area contributed by atoms with E-state index < -0.39 is 0 Å². The predicted molar refractivity (Wildman–Crippen MR) is 136 cm³/mol. The van der Waals surface area contributed by atoms with Crippen molar-refractivity contribution in [2.45, 2.75) is 13.8 Å². The highest BCUT2D eigenvalue weighted by Crippen LogP contribution is 2.35. The molecule has 3 rings (SSSR count). The number of rotatable bonds is 7. The van der Waals surface area contributed by atoms with E-state index >= 15 is 0 Å². The fourth-order valence-electron chi connectivity index (χ4n) is 3.34. The number of piperazine rings is 1. The smallest absolute Gasteiger partial charge is 0.262 e. The van der Waals surface area contributed by atoms with Gasteiger partial charge in [0.25, 0.3) is 5.91 Å². The number of carbonyl (C=O) groups is 1. The molecule has 1 aliphatic rings. The van der Waals surface area contributed by atoms with Gasteiger partial charge in [-0.15, -0.1) is 0 Å². The van der Waals surface area contributed by atoms with Crippen molar-refractivity contribution in [1.82, 2.24) is 9.80 Å². The summed E-state index contributed by atoms with van der Waals surface area (Å²) in [7, 11) is 2.12. The normalized spacial score (nSPS) is 14.3. The topological polar surface area (TPSA) is 54.0 Å². The Morgan fingerprint density at radius 1 is 1.16 bits per heavy atom. The highest BCUT2D eigenvalue weighted by Gasteiger charge is 2.21. The van der Waals surface area contributed by atoms with E-state index in [0.29, 0.717) is 18.1 Å². The molecule has 1 heterocycles. The number of hydrogen-bond donors (Lipinski definition) is 1. The van der Waals surface area contributed by atoms with Gasteiger partial charge in [-0.2, -0.15) is 0 Å². The third-order valence-corrected chi connectivity index (χ3v) is 6.29. The molecule has 0 bridgehead atoms. The van der Waals surface area contributed by atoms with Crippen molar-refractivity contribution >= 4 is 51.4 Å². The minimum Gasteiger partial charge on any atom is -0.490 e. The van der Waals surface area contributed by atoms with E-state index in [1.807, 2.05) is 50.2 Å². The van der Waals surface area contributed by atoms with Crippen molar-refractivity contribution in [3.8, 4) is 11.5 Å². The van der Waals surface area contributed by atoms with E-state index in [9.17, 15) is 4.79 Å². The van der Waals surface area contributed by atoms with E-state index in [-0.39, 0.29) is 12.5 Å². The first-order valence-corrected chi connectivity index (χ1v) is 11.8. The van der Waals surface area contributed by atoms with Gasteiger partial charge in [-0.3, -0.25) is 4.79 Å². The van der Waals surface area contributed by atoms with Crippen LogP contribution in [0.5, 0.6) is 11.5 Å². The number of amides is 1. The second kappa shape index (κ2) is 11.1. The predicted octanol–water partition coefficient (Wildman–Crippen LogP) is 3.94. The molecular formula is C23H28IN3O3S. The zero-order chi connectivity index (χ0) is 22.4. The second-order valence-corrected chi connectivity index (χ2v) is 9.07. The van der Waals surface area contributed by atoms with Crippen molar-refractivity contribution in [2.24, 2.45) is 0 Å². The van der Waals surface area contributed by atoms with Gasteiger partial charge >= 0.3 is 0 Å². The first-order chi connectivity index (χ1) is 14.9. The van der Waals surface area contributed by atoms with Crippen LogP contribution in [0, 0.1) is 10.5 Å². The molecular weight excluding hydrogens is 525 g/mol. The fraction of sp³-hybridized carbons (Fsp3) is 0.391. The average molecular weight is 553 g/mol. The molecule has 1 aliphatic heterocycles. The molecule has 166 valence electrons. The number of carbonyl (C=O) groups excluding carboxylic acids is 1. The van der Waals surface area contributed by atoms with E-state index in [1.54, 1.807) is 0 Å². The molecule has 0 aliphatic carbocycles. The van der Waals surface area contributed by atoms with Crippen molar-refractivity contribution in [2.75, 3.05) is 51.8 Å². The summed E-state index contributed by atoms with van der Waals surface area (Å²) < 4.78 is 12.6. The van der Waals surface area contributed by atoms with E-state index in [2.05, 4.69) is 44.8 Å². The zero-order valence-electron chi connectivity index (χ0n) is 18.1. The maximum atomic E-state index is 12.4. The molecule has 1 fully saturated rings. The SMILES string of the molecule is CCOc1cc(C(=S)N2CCN(C)CC2)cc(I)c1OCC(=O)Nc1cccc(C)c1. The highest BCUT2D eigenvalue weighted by molar-refractivity contribution is 14.1. The zero-order valence-corrected chi connectivity index (χ0v) is 21.1. The molecule has 1 saturated heterocycles. The van der Waals surface area contributed by atoms with E-state index in [1.165, 1.54) is 0 Å². The number of aryl methyl sites for hydroxylation is 1. The number of halogens is 1. The summed E-state index contributed by atoms with van der Waals surface area (Å²) in [6.07, 6.45) is 0. The summed E-state index contributed by atoms with van der Waals surface area (Å²) in [4.78, 5) is 17.7. The Hall–Kier alpha value is -1.91. The van der Waals surface area contributed by atoms with Crippen molar-refractivity contribution in [3.05, 3.63) is 51.1 Å². The molecule has 8 heteroatoms. The largest absolute Gasteiger partial charge is 0.490 e. The van der Waals surface area contributed by atoms with Gasteiger partial charge in [0, 0.05) is 37.4 Å². The summed E-state index contributed by atoms with van der Waals surface area (Å²) in [5.41, 5.74) is 2.77. The molecule has 0 radical (unpaired) electrons. The Balaban J connectivity index is 1.71. The minimum atomic E-state index is -0.221. The lowest BCUT2D eigenvalue weighted by Crippen LogP contribution is -2.46. The van der Waals surface area contributed by atoms with Crippen LogP contribution in [0.25, 0.3) is 0 Å². The van der Waals surface area contributed by atoms with Gasteiger partial charge in [0.2, 0.25) is 0 Å². The number of anilines is 1. The molecule has 0 aromatic heterocycles. The van der Waals surface area contributed by atoms with Gasteiger partial charge in [-0.1, -0.05) is 24.4 Å². The number of likely N-dealkylation sites (N-methyl/N-ethyl adjacent to an activating group) is 1. The summed E-state index contributed by atoms with van der Waals surface area (Å²) in [5.74, 6) is 0.942. The molecule has 2 aromatic rings. The minimum absolute atomic E-state index is 0.105. The monoisotopic (exact) mass is 553 g/mol. The average Bonchev–Trinajstić information content (AvgIpc) is 2.73. The Labute approximate surface area is 203 Å². The number of ether oxygens (including phenoxy) is 2. The van der Waals surface area contributed by atoms with Crippen LogP contribution in [0.1, 0.15) is 18.1 Å². The molecule has 1 amide bonds. The van der Waals surface area contributed by atoms with Gasteiger partial charge < -0.3 is 24.6 Å². The Kier molecular flexibility index (Phi) is 8.50. The first kappa shape index (κ1) is 23.7. The molecule has 2 aromatic carbocycles. The second-order valence-electron chi connectivity index (χ2n) is 7.52. The molecule has 0 unspecified atom stereocenters. The fourth-order valence-corrected chi connectivity index (χ4v) is 4.40. The van der Waals surface area contributed by atoms with Crippen LogP contribution in [0.3, 0.4) is 0 Å². The molecule has 1 N–H and O–H groups in total. The van der Waals surface area contributed by atoms with Crippen LogP contribution in [0.15, 0.2) is 36.4 Å². The lowest BCUT2D eigenvalue weighted by atomic mass is 10.1. The molecule has 31 heavy (non-hydrogen) atoms. The number of nitrogens with zero attached hydrogens (tertiary/aromatic N) is 2. The molecule has 0 saturated carbocycles. The first-order valence-electron chi connectivity index (χ1n) is 10.3. The van der Waals surface area contributed by atoms with Gasteiger partial charge in [-0.05, 0) is 73.3 Å². The van der Waals surface area contributed by atoms with Gasteiger partial charge in [-0.25, -0.2) is 0 Å². The molecule has 0 spiro atoms. The molecule has 6 nitrogen and oxygen atoms in total.